The molecule has 0 fully saturated rings. The number of carbonyl (C=O) groups is 1. The predicted molar refractivity (Wildman–Crippen MR) is 84.5 cm³/mol. The van der Waals surface area contributed by atoms with Crippen LogP contribution in [-0.2, 0) is 0 Å². The van der Waals surface area contributed by atoms with Crippen LogP contribution in [0.2, 0.25) is 0 Å². The number of benzene rings is 2. The number of aliphatic imine (C=N–C) groups is 1. The summed E-state index contributed by atoms with van der Waals surface area (Å²) in [7, 11) is 0. The van der Waals surface area contributed by atoms with Gasteiger partial charge in [-0.2, -0.15) is 4.99 Å². The van der Waals surface area contributed by atoms with E-state index in [-0.39, 0.29) is 12.1 Å². The van der Waals surface area contributed by atoms with Gasteiger partial charge in [-0.1, -0.05) is 66.7 Å². The molecular formula is C18H16N2O. The fourth-order valence-corrected chi connectivity index (χ4v) is 2.61. The Labute approximate surface area is 124 Å². The van der Waals surface area contributed by atoms with Gasteiger partial charge in [0.2, 0.25) is 0 Å². The molecule has 1 unspecified atom stereocenters. The first kappa shape index (κ1) is 13.3. The molecule has 0 saturated carbocycles. The second kappa shape index (κ2) is 5.75. The van der Waals surface area contributed by atoms with Gasteiger partial charge in [-0.3, -0.25) is 0 Å². The Bertz CT molecular complexity index is 677. The molecule has 1 aliphatic heterocycles. The summed E-state index contributed by atoms with van der Waals surface area (Å²) in [5, 5.41) is 0. The number of hydrogen-bond acceptors (Lipinski definition) is 1. The van der Waals surface area contributed by atoms with Crippen LogP contribution in [0.1, 0.15) is 17.2 Å². The summed E-state index contributed by atoms with van der Waals surface area (Å²) in [6.07, 6.45) is 1.73. The second-order valence-corrected chi connectivity index (χ2v) is 4.90. The molecule has 0 aliphatic carbocycles. The summed E-state index contributed by atoms with van der Waals surface area (Å²) in [6, 6.07) is 19.5. The summed E-state index contributed by atoms with van der Waals surface area (Å²) in [5.74, 6) is 0. The molecule has 0 saturated heterocycles. The first-order chi connectivity index (χ1) is 10.3. The van der Waals surface area contributed by atoms with Gasteiger partial charge in [-0.15, -0.1) is 6.58 Å². The van der Waals surface area contributed by atoms with Crippen molar-refractivity contribution in [2.75, 3.05) is 6.54 Å². The summed E-state index contributed by atoms with van der Waals surface area (Å²) in [4.78, 5) is 18.2. The maximum atomic E-state index is 12.2. The van der Waals surface area contributed by atoms with Crippen molar-refractivity contribution in [1.29, 1.82) is 0 Å². The lowest BCUT2D eigenvalue weighted by atomic mass is 9.96. The SMILES string of the molecule is C=CCN1C(=O)N=C(c2ccccc2)C1c1ccccc1. The molecule has 0 spiro atoms. The van der Waals surface area contributed by atoms with Gasteiger partial charge in [0.15, 0.2) is 0 Å². The minimum absolute atomic E-state index is 0.154. The van der Waals surface area contributed by atoms with Crippen LogP contribution < -0.4 is 0 Å². The molecular weight excluding hydrogens is 260 g/mol. The van der Waals surface area contributed by atoms with Gasteiger partial charge in [0.25, 0.3) is 0 Å². The van der Waals surface area contributed by atoms with E-state index in [1.165, 1.54) is 0 Å². The number of carbonyl (C=O) groups excluding carboxylic acids is 1. The van der Waals surface area contributed by atoms with Gasteiger partial charge in [0.1, 0.15) is 6.04 Å². The third-order valence-electron chi connectivity index (χ3n) is 3.54. The predicted octanol–water partition coefficient (Wildman–Crippen LogP) is 3.84. The van der Waals surface area contributed by atoms with Gasteiger partial charge < -0.3 is 4.90 Å². The highest BCUT2D eigenvalue weighted by Gasteiger charge is 2.35. The highest BCUT2D eigenvalue weighted by molar-refractivity contribution is 6.14. The maximum absolute atomic E-state index is 12.2. The molecule has 2 aromatic carbocycles. The average molecular weight is 276 g/mol. The molecule has 1 atom stereocenters. The van der Waals surface area contributed by atoms with Gasteiger partial charge >= 0.3 is 6.03 Å². The molecule has 0 aromatic heterocycles. The minimum atomic E-state index is -0.206. The largest absolute Gasteiger partial charge is 0.344 e. The topological polar surface area (TPSA) is 32.7 Å². The Morgan fingerprint density at radius 3 is 2.29 bits per heavy atom. The van der Waals surface area contributed by atoms with E-state index in [4.69, 9.17) is 0 Å². The number of rotatable bonds is 4. The Hall–Kier alpha value is -2.68. The standard InChI is InChI=1S/C18H16N2O/c1-2-13-20-17(15-11-7-4-8-12-15)16(19-18(20)21)14-9-5-3-6-10-14/h2-12,17H,1,13H2. The van der Waals surface area contributed by atoms with Crippen LogP contribution in [0, 0.1) is 0 Å². The van der Waals surface area contributed by atoms with E-state index in [1.54, 1.807) is 11.0 Å². The van der Waals surface area contributed by atoms with Crippen molar-refractivity contribution in [1.82, 2.24) is 4.90 Å². The molecule has 1 aliphatic rings. The molecule has 1 heterocycles. The Morgan fingerprint density at radius 1 is 1.05 bits per heavy atom. The number of urea groups is 1. The third kappa shape index (κ3) is 2.50. The molecule has 0 bridgehead atoms. The first-order valence-electron chi connectivity index (χ1n) is 6.91. The molecule has 2 amide bonds. The second-order valence-electron chi connectivity index (χ2n) is 4.90. The molecule has 3 nitrogen and oxygen atoms in total. The van der Waals surface area contributed by atoms with E-state index in [0.29, 0.717) is 6.54 Å². The Kier molecular flexibility index (Phi) is 3.65. The highest BCUT2D eigenvalue weighted by Crippen LogP contribution is 2.31. The van der Waals surface area contributed by atoms with Crippen molar-refractivity contribution >= 4 is 11.7 Å². The van der Waals surface area contributed by atoms with Crippen LogP contribution in [0.25, 0.3) is 0 Å². The first-order valence-corrected chi connectivity index (χ1v) is 6.91. The number of amides is 2. The Morgan fingerprint density at radius 2 is 1.67 bits per heavy atom. The van der Waals surface area contributed by atoms with Crippen molar-refractivity contribution in [2.45, 2.75) is 6.04 Å². The highest BCUT2D eigenvalue weighted by atomic mass is 16.2. The van der Waals surface area contributed by atoms with Crippen LogP contribution >= 0.6 is 0 Å². The third-order valence-corrected chi connectivity index (χ3v) is 3.54. The molecule has 104 valence electrons. The lowest BCUT2D eigenvalue weighted by Crippen LogP contribution is -2.31. The molecule has 0 N–H and O–H groups in total. The van der Waals surface area contributed by atoms with Gasteiger partial charge in [0, 0.05) is 6.54 Å². The van der Waals surface area contributed by atoms with Crippen molar-refractivity contribution in [3.63, 3.8) is 0 Å². The van der Waals surface area contributed by atoms with Crippen LogP contribution in [-0.4, -0.2) is 23.2 Å². The quantitative estimate of drug-likeness (QED) is 0.781. The Balaban J connectivity index is 2.07. The molecule has 3 heteroatoms. The van der Waals surface area contributed by atoms with Crippen LogP contribution in [0.3, 0.4) is 0 Å². The van der Waals surface area contributed by atoms with E-state index < -0.39 is 0 Å². The van der Waals surface area contributed by atoms with Crippen molar-refractivity contribution < 1.29 is 4.79 Å². The lowest BCUT2D eigenvalue weighted by molar-refractivity contribution is 0.213. The van der Waals surface area contributed by atoms with E-state index in [1.807, 2.05) is 60.7 Å². The smallest absolute Gasteiger partial charge is 0.306 e. The minimum Gasteiger partial charge on any atom is -0.306 e. The van der Waals surface area contributed by atoms with Crippen LogP contribution in [0.15, 0.2) is 78.3 Å². The summed E-state index contributed by atoms with van der Waals surface area (Å²) in [6.45, 7) is 4.22. The average Bonchev–Trinajstić information content (AvgIpc) is 2.86. The fourth-order valence-electron chi connectivity index (χ4n) is 2.61. The zero-order valence-electron chi connectivity index (χ0n) is 11.6. The van der Waals surface area contributed by atoms with Gasteiger partial charge in [-0.25, -0.2) is 4.79 Å². The lowest BCUT2D eigenvalue weighted by Gasteiger charge is -2.24. The summed E-state index contributed by atoms with van der Waals surface area (Å²) in [5.41, 5.74) is 2.84. The number of nitrogens with zero attached hydrogens (tertiary/aromatic N) is 2. The van der Waals surface area contributed by atoms with Crippen molar-refractivity contribution in [3.8, 4) is 0 Å². The van der Waals surface area contributed by atoms with Crippen LogP contribution in [0.4, 0.5) is 4.79 Å². The van der Waals surface area contributed by atoms with Gasteiger partial charge in [-0.05, 0) is 11.1 Å². The normalized spacial score (nSPS) is 17.7. The molecule has 3 rings (SSSR count). The van der Waals surface area contributed by atoms with Crippen LogP contribution in [0.5, 0.6) is 0 Å². The van der Waals surface area contributed by atoms with Gasteiger partial charge in [0.05, 0.1) is 5.71 Å². The molecule has 0 radical (unpaired) electrons. The fraction of sp³-hybridized carbons (Fsp3) is 0.111. The van der Waals surface area contributed by atoms with E-state index in [0.717, 1.165) is 16.8 Å². The van der Waals surface area contributed by atoms with E-state index in [9.17, 15) is 4.79 Å². The molecule has 2 aromatic rings. The number of hydrogen-bond donors (Lipinski definition) is 0. The maximum Gasteiger partial charge on any atom is 0.344 e. The van der Waals surface area contributed by atoms with E-state index in [2.05, 4.69) is 11.6 Å². The summed E-state index contributed by atoms with van der Waals surface area (Å²) < 4.78 is 0. The zero-order valence-corrected chi connectivity index (χ0v) is 11.6. The monoisotopic (exact) mass is 276 g/mol. The van der Waals surface area contributed by atoms with Crippen molar-refractivity contribution in [2.24, 2.45) is 4.99 Å². The van der Waals surface area contributed by atoms with Crippen molar-refractivity contribution in [3.05, 3.63) is 84.4 Å². The summed E-state index contributed by atoms with van der Waals surface area (Å²) >= 11 is 0. The zero-order chi connectivity index (χ0) is 14.7. The molecule has 21 heavy (non-hydrogen) atoms. The van der Waals surface area contributed by atoms with E-state index >= 15 is 0 Å².